The first-order chi connectivity index (χ1) is 27.2. The number of fused-ring (bicyclic) bond motifs is 4. The fourth-order valence-electron chi connectivity index (χ4n) is 8.45. The molecule has 57 heavy (non-hydrogen) atoms. The highest BCUT2D eigenvalue weighted by Gasteiger charge is 2.61. The van der Waals surface area contributed by atoms with Crippen molar-refractivity contribution >= 4 is 49.7 Å². The first-order valence-corrected chi connectivity index (χ1v) is 20.4. The van der Waals surface area contributed by atoms with Gasteiger partial charge in [0.1, 0.15) is 17.2 Å². The van der Waals surface area contributed by atoms with Gasteiger partial charge < -0.3 is 14.1 Å². The Morgan fingerprint density at radius 2 is 1.67 bits per heavy atom. The Balaban J connectivity index is 1.04. The number of alkyl halides is 3. The molecule has 5 aromatic rings. The minimum absolute atomic E-state index is 0.0104. The normalized spacial score (nSPS) is 23.4. The number of para-hydroxylation sites is 1. The maximum absolute atomic E-state index is 14.5. The zero-order valence-electron chi connectivity index (χ0n) is 30.5. The van der Waals surface area contributed by atoms with Gasteiger partial charge in [0, 0.05) is 29.7 Å². The van der Waals surface area contributed by atoms with Crippen LogP contribution in [0.15, 0.2) is 89.9 Å². The Bertz CT molecular complexity index is 2560. The predicted octanol–water partition coefficient (Wildman–Crippen LogP) is 6.59. The van der Waals surface area contributed by atoms with Gasteiger partial charge in [0.2, 0.25) is 27.4 Å². The molecule has 4 aliphatic rings. The van der Waals surface area contributed by atoms with Crippen LogP contribution >= 0.6 is 0 Å². The molecule has 3 aliphatic carbocycles. The van der Waals surface area contributed by atoms with E-state index in [4.69, 9.17) is 9.15 Å². The zero-order chi connectivity index (χ0) is 39.9. The molecule has 0 spiro atoms. The van der Waals surface area contributed by atoms with Gasteiger partial charge >= 0.3 is 6.18 Å². The van der Waals surface area contributed by atoms with Gasteiger partial charge in [0.25, 0.3) is 5.88 Å². The van der Waals surface area contributed by atoms with Gasteiger partial charge in [-0.2, -0.15) is 18.2 Å². The number of benzene rings is 3. The van der Waals surface area contributed by atoms with Crippen LogP contribution in [-0.4, -0.2) is 64.8 Å². The second kappa shape index (κ2) is 13.5. The Kier molecular flexibility index (Phi) is 8.79. The Morgan fingerprint density at radius 1 is 0.982 bits per heavy atom. The summed E-state index contributed by atoms with van der Waals surface area (Å²) in [5, 5.41) is -0.00947. The van der Waals surface area contributed by atoms with Crippen molar-refractivity contribution in [2.24, 2.45) is 17.3 Å². The van der Waals surface area contributed by atoms with Crippen molar-refractivity contribution in [3.05, 3.63) is 102 Å². The van der Waals surface area contributed by atoms with E-state index in [1.165, 1.54) is 17.0 Å². The fraction of sp³-hybridized carbons (Fsp3) is 0.357. The van der Waals surface area contributed by atoms with E-state index in [2.05, 4.69) is 21.3 Å². The first-order valence-electron chi connectivity index (χ1n) is 18.9. The number of hydrogen-bond donors (Lipinski definition) is 1. The molecule has 11 nitrogen and oxygen atoms in total. The number of nitrogens with one attached hydrogen (secondary N) is 1. The number of amides is 2. The van der Waals surface area contributed by atoms with Crippen LogP contribution in [0.3, 0.4) is 0 Å². The van der Waals surface area contributed by atoms with Crippen LogP contribution in [0.1, 0.15) is 48.8 Å². The maximum atomic E-state index is 14.5. The predicted molar refractivity (Wildman–Crippen MR) is 202 cm³/mol. The molecule has 2 saturated carbocycles. The van der Waals surface area contributed by atoms with Crippen LogP contribution in [0, 0.1) is 17.3 Å². The van der Waals surface area contributed by atoms with Crippen molar-refractivity contribution in [2.75, 3.05) is 6.54 Å². The lowest BCUT2D eigenvalue weighted by molar-refractivity contribution is -0.141. The number of ether oxygens (including phenoxy) is 1. The zero-order valence-corrected chi connectivity index (χ0v) is 31.3. The highest BCUT2D eigenvalue weighted by atomic mass is 32.2. The molecule has 3 aromatic carbocycles. The molecule has 3 fully saturated rings. The lowest BCUT2D eigenvalue weighted by Gasteiger charge is -2.27. The van der Waals surface area contributed by atoms with Crippen molar-refractivity contribution in [1.29, 1.82) is 0 Å². The van der Waals surface area contributed by atoms with E-state index >= 15 is 0 Å². The number of hydrogen-bond acceptors (Lipinski definition) is 9. The van der Waals surface area contributed by atoms with Crippen molar-refractivity contribution in [3.8, 4) is 17.3 Å². The third kappa shape index (κ3) is 6.74. The second-order valence-corrected chi connectivity index (χ2v) is 17.5. The van der Waals surface area contributed by atoms with Gasteiger partial charge in [-0.3, -0.25) is 19.1 Å². The fourth-order valence-corrected chi connectivity index (χ4v) is 9.83. The number of furan rings is 1. The third-order valence-electron chi connectivity index (χ3n) is 11.8. The summed E-state index contributed by atoms with van der Waals surface area (Å²) >= 11 is 0. The summed E-state index contributed by atoms with van der Waals surface area (Å²) in [6.07, 6.45) is -1.91. The number of nitrogens with zero attached hydrogens (tertiary/aromatic N) is 3. The van der Waals surface area contributed by atoms with E-state index in [0.717, 1.165) is 23.3 Å². The molecule has 3 heterocycles. The van der Waals surface area contributed by atoms with E-state index < -0.39 is 68.1 Å². The summed E-state index contributed by atoms with van der Waals surface area (Å²) < 4.78 is 80.6. The first kappa shape index (κ1) is 37.0. The van der Waals surface area contributed by atoms with E-state index in [1.54, 1.807) is 30.3 Å². The number of rotatable bonds is 11. The van der Waals surface area contributed by atoms with Gasteiger partial charge in [-0.15, -0.1) is 6.58 Å². The minimum atomic E-state index is -4.54. The van der Waals surface area contributed by atoms with E-state index in [1.807, 2.05) is 24.3 Å². The summed E-state index contributed by atoms with van der Waals surface area (Å²) in [6.45, 7) is 3.80. The van der Waals surface area contributed by atoms with E-state index in [9.17, 15) is 36.0 Å². The number of aromatic nitrogens is 2. The Labute approximate surface area is 325 Å². The van der Waals surface area contributed by atoms with Gasteiger partial charge in [0.05, 0.1) is 28.8 Å². The number of Topliss-reactive ketones (excluding diaryl/α,β-unsaturated/α-hetero) is 1. The van der Waals surface area contributed by atoms with Gasteiger partial charge in [0.15, 0.2) is 11.6 Å². The molecule has 1 saturated heterocycles. The lowest BCUT2D eigenvalue weighted by Crippen LogP contribution is -2.46. The second-order valence-electron chi connectivity index (χ2n) is 15.6. The van der Waals surface area contributed by atoms with E-state index in [-0.39, 0.29) is 49.0 Å². The van der Waals surface area contributed by atoms with Gasteiger partial charge in [-0.25, -0.2) is 13.4 Å². The number of halogens is 3. The summed E-state index contributed by atoms with van der Waals surface area (Å²) in [6, 6.07) is 18.3. The molecule has 1 N–H and O–H groups in total. The molecule has 2 aromatic heterocycles. The van der Waals surface area contributed by atoms with E-state index in [0.29, 0.717) is 47.7 Å². The minimum Gasteiger partial charge on any atom is -0.470 e. The average Bonchev–Trinajstić information content (AvgIpc) is 4.03. The molecule has 9 rings (SSSR count). The van der Waals surface area contributed by atoms with Crippen molar-refractivity contribution in [2.45, 2.75) is 68.5 Å². The number of carbonyl (C=O) groups excluding carboxylic acids is 3. The van der Waals surface area contributed by atoms with Crippen molar-refractivity contribution in [1.82, 2.24) is 19.6 Å². The van der Waals surface area contributed by atoms with Gasteiger partial charge in [-0.1, -0.05) is 54.6 Å². The van der Waals surface area contributed by atoms with Crippen LogP contribution in [-0.2, 0) is 43.4 Å². The standard InChI is InChI=1S/C42H37F3N4O7S/c1-2-27-20-41(27,40(52)48-57(53,54)30-15-16-30)21-33(50)32-19-29(22-49(32)39(51)26-17-24-7-3-4-8-25(24)18-26)55-38-36-35(31-9-5-6-10-34(31)56-36)46-37(47-38)23-11-13-28(14-12-23)42(43,44)45/h2-14,26-27,29-30,32H,1,15-22H2,(H,48,52)/t27-,29-,32+,41-/m1/s1. The van der Waals surface area contributed by atoms with Crippen molar-refractivity contribution < 1.29 is 45.1 Å². The quantitative estimate of drug-likeness (QED) is 0.146. The number of likely N-dealkylation sites (tertiary alicyclic amines) is 1. The SMILES string of the molecule is C=C[C@@H]1C[C@]1(CC(=O)[C@@H]1C[C@@H](Oc2nc(-c3ccc(C(F)(F)F)cc3)nc3c2oc2ccccc23)CN1C(=O)C1Cc2ccccc2C1)C(=O)NS(=O)(=O)C1CC1. The molecular weight excluding hydrogens is 762 g/mol. The number of allylic oxidation sites excluding steroid dienone is 1. The molecule has 1 aliphatic heterocycles. The van der Waals surface area contributed by atoms with Crippen LogP contribution in [0.5, 0.6) is 5.88 Å². The molecular formula is C42H37F3N4O7S. The molecule has 2 amide bonds. The van der Waals surface area contributed by atoms with Crippen LogP contribution in [0.25, 0.3) is 33.5 Å². The maximum Gasteiger partial charge on any atom is 0.416 e. The highest BCUT2D eigenvalue weighted by molar-refractivity contribution is 7.90. The molecule has 15 heteroatoms. The van der Waals surface area contributed by atoms with Crippen LogP contribution < -0.4 is 9.46 Å². The number of ketones is 1. The number of sulfonamides is 1. The number of carbonyl (C=O) groups is 3. The largest absolute Gasteiger partial charge is 0.470 e. The topological polar surface area (TPSA) is 149 Å². The van der Waals surface area contributed by atoms with Crippen LogP contribution in [0.2, 0.25) is 0 Å². The summed E-state index contributed by atoms with van der Waals surface area (Å²) in [4.78, 5) is 53.3. The lowest BCUT2D eigenvalue weighted by atomic mass is 9.91. The summed E-state index contributed by atoms with van der Waals surface area (Å²) in [5.41, 5.74) is 1.28. The molecule has 0 unspecified atom stereocenters. The Hall–Kier alpha value is -5.57. The van der Waals surface area contributed by atoms with Gasteiger partial charge in [-0.05, 0) is 73.4 Å². The highest BCUT2D eigenvalue weighted by Crippen LogP contribution is 2.57. The van der Waals surface area contributed by atoms with Crippen molar-refractivity contribution in [3.63, 3.8) is 0 Å². The molecule has 0 radical (unpaired) electrons. The summed E-state index contributed by atoms with van der Waals surface area (Å²) in [7, 11) is -3.88. The molecule has 294 valence electrons. The molecule has 0 bridgehead atoms. The third-order valence-corrected chi connectivity index (χ3v) is 13.6. The Morgan fingerprint density at radius 3 is 2.32 bits per heavy atom. The molecule has 4 atom stereocenters. The monoisotopic (exact) mass is 798 g/mol. The smallest absolute Gasteiger partial charge is 0.416 e. The average molecular weight is 799 g/mol. The van der Waals surface area contributed by atoms with Crippen LogP contribution in [0.4, 0.5) is 13.2 Å². The summed E-state index contributed by atoms with van der Waals surface area (Å²) in [5.74, 6) is -2.20.